The number of pyridine rings is 1. The Labute approximate surface area is 170 Å². The Morgan fingerprint density at radius 3 is 2.59 bits per heavy atom. The summed E-state index contributed by atoms with van der Waals surface area (Å²) in [7, 11) is 0. The summed E-state index contributed by atoms with van der Waals surface area (Å²) in [6.07, 6.45) is 4.12. The van der Waals surface area contributed by atoms with Crippen LogP contribution >= 0.6 is 0 Å². The lowest BCUT2D eigenvalue weighted by Gasteiger charge is -2.23. The molecule has 1 N–H and O–H groups in total. The molecule has 3 aromatic rings. The van der Waals surface area contributed by atoms with Crippen molar-refractivity contribution in [3.63, 3.8) is 0 Å². The number of nitrogens with one attached hydrogen (secondary N) is 1. The second kappa shape index (κ2) is 8.62. The number of hydrogen-bond acceptors (Lipinski definition) is 3. The normalized spacial score (nSPS) is 14.8. The van der Waals surface area contributed by atoms with Gasteiger partial charge in [-0.2, -0.15) is 0 Å². The second-order valence-electron chi connectivity index (χ2n) is 7.81. The van der Waals surface area contributed by atoms with E-state index in [4.69, 9.17) is 4.74 Å². The topological polar surface area (TPSA) is 60.3 Å². The van der Waals surface area contributed by atoms with E-state index in [1.165, 1.54) is 5.56 Å². The molecule has 29 heavy (non-hydrogen) atoms. The van der Waals surface area contributed by atoms with E-state index >= 15 is 0 Å². The largest absolute Gasteiger partial charge is 0.381 e. The van der Waals surface area contributed by atoms with E-state index in [9.17, 15) is 9.59 Å². The summed E-state index contributed by atoms with van der Waals surface area (Å²) >= 11 is 0. The molecule has 5 heteroatoms. The molecular formula is C24H26N2O3. The van der Waals surface area contributed by atoms with Crippen molar-refractivity contribution in [2.24, 2.45) is 5.92 Å². The van der Waals surface area contributed by atoms with Gasteiger partial charge in [0.2, 0.25) is 5.91 Å². The molecule has 2 heterocycles. The van der Waals surface area contributed by atoms with E-state index in [0.29, 0.717) is 30.0 Å². The van der Waals surface area contributed by atoms with E-state index < -0.39 is 0 Å². The second-order valence-corrected chi connectivity index (χ2v) is 7.81. The average molecular weight is 390 g/mol. The number of ether oxygens (including phenoxy) is 1. The van der Waals surface area contributed by atoms with Crippen LogP contribution in [-0.2, 0) is 22.5 Å². The van der Waals surface area contributed by atoms with E-state index in [2.05, 4.69) is 5.32 Å². The Morgan fingerprint density at radius 2 is 1.83 bits per heavy atom. The van der Waals surface area contributed by atoms with E-state index in [0.717, 1.165) is 37.0 Å². The first-order chi connectivity index (χ1) is 14.1. The summed E-state index contributed by atoms with van der Waals surface area (Å²) < 4.78 is 7.20. The van der Waals surface area contributed by atoms with Crippen LogP contribution in [0.25, 0.3) is 10.8 Å². The third-order valence-electron chi connectivity index (χ3n) is 5.57. The van der Waals surface area contributed by atoms with Gasteiger partial charge in [0.1, 0.15) is 0 Å². The number of aromatic nitrogens is 1. The number of aryl methyl sites for hydroxylation is 1. The van der Waals surface area contributed by atoms with Crippen molar-refractivity contribution in [1.82, 2.24) is 4.57 Å². The molecule has 5 nitrogen and oxygen atoms in total. The van der Waals surface area contributed by atoms with Crippen molar-refractivity contribution < 1.29 is 9.53 Å². The number of fused-ring (bicyclic) bond motifs is 1. The average Bonchev–Trinajstić information content (AvgIpc) is 2.73. The molecule has 0 spiro atoms. The van der Waals surface area contributed by atoms with Gasteiger partial charge in [-0.25, -0.2) is 0 Å². The van der Waals surface area contributed by atoms with Crippen LogP contribution in [0.1, 0.15) is 24.0 Å². The fraction of sp³-hybridized carbons (Fsp3) is 0.333. The first-order valence-corrected chi connectivity index (χ1v) is 10.2. The van der Waals surface area contributed by atoms with Gasteiger partial charge in [-0.1, -0.05) is 35.9 Å². The number of anilines is 1. The zero-order valence-electron chi connectivity index (χ0n) is 16.7. The quantitative estimate of drug-likeness (QED) is 0.718. The molecule has 1 aliphatic heterocycles. The maximum absolute atomic E-state index is 13.0. The summed E-state index contributed by atoms with van der Waals surface area (Å²) in [6.45, 7) is 4.27. The Morgan fingerprint density at radius 1 is 1.07 bits per heavy atom. The molecule has 0 aliphatic carbocycles. The van der Waals surface area contributed by atoms with Crippen LogP contribution in [0.4, 0.5) is 5.69 Å². The number of rotatable bonds is 5. The predicted molar refractivity (Wildman–Crippen MR) is 115 cm³/mol. The molecule has 1 saturated heterocycles. The number of nitrogens with zero attached hydrogens (tertiary/aromatic N) is 1. The van der Waals surface area contributed by atoms with Crippen molar-refractivity contribution in [3.8, 4) is 0 Å². The van der Waals surface area contributed by atoms with E-state index in [-0.39, 0.29) is 11.5 Å². The Bertz CT molecular complexity index is 1060. The predicted octanol–water partition coefficient (Wildman–Crippen LogP) is 3.92. The molecule has 0 bridgehead atoms. The first-order valence-electron chi connectivity index (χ1n) is 10.2. The fourth-order valence-corrected chi connectivity index (χ4v) is 3.86. The van der Waals surface area contributed by atoms with Gasteiger partial charge in [0, 0.05) is 42.4 Å². The van der Waals surface area contributed by atoms with Crippen molar-refractivity contribution in [1.29, 1.82) is 0 Å². The molecule has 0 unspecified atom stereocenters. The molecule has 1 fully saturated rings. The maximum atomic E-state index is 13.0. The number of carbonyl (C=O) groups excluding carboxylic acids is 1. The minimum absolute atomic E-state index is 0.0105. The maximum Gasteiger partial charge on any atom is 0.258 e. The highest BCUT2D eigenvalue weighted by atomic mass is 16.5. The van der Waals surface area contributed by atoms with Gasteiger partial charge in [0.25, 0.3) is 5.56 Å². The zero-order valence-corrected chi connectivity index (χ0v) is 16.7. The molecule has 1 aliphatic rings. The molecule has 1 aromatic heterocycles. The monoisotopic (exact) mass is 390 g/mol. The Balaban J connectivity index is 1.54. The van der Waals surface area contributed by atoms with Crippen molar-refractivity contribution in [2.75, 3.05) is 18.5 Å². The van der Waals surface area contributed by atoms with Gasteiger partial charge >= 0.3 is 0 Å². The standard InChI is InChI=1S/C24H26N2O3/c1-17-5-7-18(8-6-17)15-23(27)25-22-4-2-3-21-20(22)9-12-26(24(21)28)16-19-10-13-29-14-11-19/h2-9,12,19H,10-11,13-16H2,1H3,(H,25,27). The van der Waals surface area contributed by atoms with Crippen LogP contribution in [0.15, 0.2) is 59.5 Å². The highest BCUT2D eigenvalue weighted by molar-refractivity contribution is 6.02. The minimum atomic E-state index is -0.0901. The van der Waals surface area contributed by atoms with Crippen LogP contribution in [0.5, 0.6) is 0 Å². The van der Waals surface area contributed by atoms with Gasteiger partial charge in [0.05, 0.1) is 6.42 Å². The van der Waals surface area contributed by atoms with Gasteiger partial charge in [-0.3, -0.25) is 9.59 Å². The molecule has 150 valence electrons. The van der Waals surface area contributed by atoms with Crippen LogP contribution in [-0.4, -0.2) is 23.7 Å². The number of amides is 1. The molecule has 4 rings (SSSR count). The van der Waals surface area contributed by atoms with Gasteiger partial charge in [-0.05, 0) is 49.4 Å². The molecule has 2 aromatic carbocycles. The van der Waals surface area contributed by atoms with Crippen molar-refractivity contribution >= 4 is 22.4 Å². The van der Waals surface area contributed by atoms with Gasteiger partial charge < -0.3 is 14.6 Å². The SMILES string of the molecule is Cc1ccc(CC(=O)Nc2cccc3c(=O)n(CC4CCOCC4)ccc23)cc1. The molecule has 1 amide bonds. The summed E-state index contributed by atoms with van der Waals surface area (Å²) in [5.41, 5.74) is 2.80. The minimum Gasteiger partial charge on any atom is -0.381 e. The highest BCUT2D eigenvalue weighted by Crippen LogP contribution is 2.22. The van der Waals surface area contributed by atoms with E-state index in [1.807, 2.05) is 61.7 Å². The van der Waals surface area contributed by atoms with Crippen LogP contribution < -0.4 is 10.9 Å². The van der Waals surface area contributed by atoms with Crippen LogP contribution in [0, 0.1) is 12.8 Å². The van der Waals surface area contributed by atoms with Gasteiger partial charge in [0.15, 0.2) is 0 Å². The number of benzene rings is 2. The number of carbonyl (C=O) groups is 1. The molecule has 0 atom stereocenters. The number of hydrogen-bond donors (Lipinski definition) is 1. The molecule has 0 saturated carbocycles. The lowest BCUT2D eigenvalue weighted by molar-refractivity contribution is -0.115. The lowest BCUT2D eigenvalue weighted by Crippen LogP contribution is -2.27. The molecule has 0 radical (unpaired) electrons. The molecular weight excluding hydrogens is 364 g/mol. The van der Waals surface area contributed by atoms with Crippen molar-refractivity contribution in [3.05, 3.63) is 76.2 Å². The zero-order chi connectivity index (χ0) is 20.2. The fourth-order valence-electron chi connectivity index (χ4n) is 3.86. The van der Waals surface area contributed by atoms with Crippen LogP contribution in [0.3, 0.4) is 0 Å². The van der Waals surface area contributed by atoms with Crippen molar-refractivity contribution in [2.45, 2.75) is 32.7 Å². The summed E-state index contributed by atoms with van der Waals surface area (Å²) in [4.78, 5) is 25.5. The lowest BCUT2D eigenvalue weighted by atomic mass is 10.00. The van der Waals surface area contributed by atoms with E-state index in [1.54, 1.807) is 4.57 Å². The highest BCUT2D eigenvalue weighted by Gasteiger charge is 2.16. The smallest absolute Gasteiger partial charge is 0.258 e. The van der Waals surface area contributed by atoms with Gasteiger partial charge in [-0.15, -0.1) is 0 Å². The summed E-state index contributed by atoms with van der Waals surface area (Å²) in [5.74, 6) is 0.379. The summed E-state index contributed by atoms with van der Waals surface area (Å²) in [5, 5.41) is 4.38. The third kappa shape index (κ3) is 4.57. The summed E-state index contributed by atoms with van der Waals surface area (Å²) in [6, 6.07) is 15.4. The Kier molecular flexibility index (Phi) is 5.76. The Hall–Kier alpha value is -2.92. The third-order valence-corrected chi connectivity index (χ3v) is 5.57. The first kappa shape index (κ1) is 19.4. The van der Waals surface area contributed by atoms with Crippen LogP contribution in [0.2, 0.25) is 0 Å².